The molecule has 0 bridgehead atoms. The van der Waals surface area contributed by atoms with Crippen molar-refractivity contribution in [1.82, 2.24) is 14.5 Å². The third kappa shape index (κ3) is 2.44. The topological polar surface area (TPSA) is 72.4 Å². The molecule has 0 aromatic carbocycles. The van der Waals surface area contributed by atoms with Crippen LogP contribution in [0.5, 0.6) is 0 Å². The first-order valence-corrected chi connectivity index (χ1v) is 6.26. The molecule has 2 rings (SSSR count). The number of hydrogen-bond donors (Lipinski definition) is 0. The second-order valence-corrected chi connectivity index (χ2v) is 4.48. The Morgan fingerprint density at radius 2 is 2.47 bits per heavy atom. The summed E-state index contributed by atoms with van der Waals surface area (Å²) in [6, 6.07) is -0.454. The number of hydrogen-bond acceptors (Lipinski definition) is 6. The first-order chi connectivity index (χ1) is 8.24. The number of aromatic nitrogens is 2. The van der Waals surface area contributed by atoms with Crippen LogP contribution in [0, 0.1) is 0 Å². The number of amides is 1. The molecule has 1 unspecified atom stereocenters. The molecular weight excluding hydrogens is 242 g/mol. The van der Waals surface area contributed by atoms with Crippen LogP contribution in [0.4, 0.5) is 0 Å². The molecule has 0 N–H and O–H groups in total. The van der Waals surface area contributed by atoms with Crippen LogP contribution in [-0.2, 0) is 9.53 Å². The van der Waals surface area contributed by atoms with Gasteiger partial charge in [-0.15, -0.1) is 5.10 Å². The molecule has 6 nitrogen and oxygen atoms in total. The van der Waals surface area contributed by atoms with Crippen LogP contribution in [-0.4, -0.2) is 45.6 Å². The number of carbonyl (C=O) groups excluding carboxylic acids is 2. The first-order valence-electron chi connectivity index (χ1n) is 5.49. The number of ether oxygens (including phenoxy) is 1. The van der Waals surface area contributed by atoms with Crippen molar-refractivity contribution in [2.45, 2.75) is 25.8 Å². The predicted octanol–water partition coefficient (Wildman–Crippen LogP) is 0.706. The molecular formula is C10H13N3O3S. The second kappa shape index (κ2) is 5.22. The van der Waals surface area contributed by atoms with Crippen molar-refractivity contribution in [2.75, 3.05) is 13.2 Å². The van der Waals surface area contributed by atoms with E-state index in [0.29, 0.717) is 24.4 Å². The largest absolute Gasteiger partial charge is 0.464 e. The smallest absolute Gasteiger partial charge is 0.328 e. The van der Waals surface area contributed by atoms with E-state index in [4.69, 9.17) is 4.74 Å². The molecule has 2 heterocycles. The van der Waals surface area contributed by atoms with Gasteiger partial charge in [-0.25, -0.2) is 4.79 Å². The number of esters is 1. The molecule has 1 atom stereocenters. The molecule has 17 heavy (non-hydrogen) atoms. The molecule has 7 heteroatoms. The van der Waals surface area contributed by atoms with Gasteiger partial charge in [0.1, 0.15) is 10.9 Å². The molecule has 1 saturated heterocycles. The quantitative estimate of drug-likeness (QED) is 0.744. The Bertz CT molecular complexity index is 407. The molecule has 0 radical (unpaired) electrons. The van der Waals surface area contributed by atoms with Crippen molar-refractivity contribution in [3.05, 3.63) is 11.1 Å². The van der Waals surface area contributed by atoms with E-state index in [1.807, 2.05) is 0 Å². The zero-order chi connectivity index (χ0) is 12.3. The predicted molar refractivity (Wildman–Crippen MR) is 60.6 cm³/mol. The van der Waals surface area contributed by atoms with E-state index in [9.17, 15) is 9.59 Å². The summed E-state index contributed by atoms with van der Waals surface area (Å²) in [5.74, 6) is -0.508. The van der Waals surface area contributed by atoms with Gasteiger partial charge in [-0.05, 0) is 31.3 Å². The van der Waals surface area contributed by atoms with E-state index in [1.165, 1.54) is 6.20 Å². The highest BCUT2D eigenvalue weighted by atomic mass is 32.1. The number of nitrogens with zero attached hydrogens (tertiary/aromatic N) is 3. The van der Waals surface area contributed by atoms with Gasteiger partial charge in [-0.3, -0.25) is 4.79 Å². The van der Waals surface area contributed by atoms with Gasteiger partial charge in [0.2, 0.25) is 0 Å². The van der Waals surface area contributed by atoms with Crippen LogP contribution >= 0.6 is 11.5 Å². The van der Waals surface area contributed by atoms with Crippen LogP contribution in [0.3, 0.4) is 0 Å². The molecule has 0 spiro atoms. The maximum atomic E-state index is 12.1. The molecule has 0 aliphatic carbocycles. The zero-order valence-electron chi connectivity index (χ0n) is 9.46. The number of rotatable bonds is 3. The minimum Gasteiger partial charge on any atom is -0.464 e. The van der Waals surface area contributed by atoms with E-state index in [-0.39, 0.29) is 11.9 Å². The van der Waals surface area contributed by atoms with Crippen molar-refractivity contribution in [2.24, 2.45) is 0 Å². The van der Waals surface area contributed by atoms with Gasteiger partial charge in [-0.1, -0.05) is 4.49 Å². The molecule has 1 aromatic rings. The molecule has 0 saturated carbocycles. The molecule has 1 aromatic heterocycles. The maximum Gasteiger partial charge on any atom is 0.328 e. The monoisotopic (exact) mass is 255 g/mol. The normalized spacial score (nSPS) is 19.4. The maximum absolute atomic E-state index is 12.1. The molecule has 1 aliphatic heterocycles. The first kappa shape index (κ1) is 12.0. The Morgan fingerprint density at radius 3 is 3.12 bits per heavy atom. The van der Waals surface area contributed by atoms with Gasteiger partial charge in [-0.2, -0.15) is 0 Å². The van der Waals surface area contributed by atoms with Crippen LogP contribution in [0.1, 0.15) is 29.4 Å². The van der Waals surface area contributed by atoms with Gasteiger partial charge in [0, 0.05) is 6.54 Å². The lowest BCUT2D eigenvalue weighted by Crippen LogP contribution is -2.41. The van der Waals surface area contributed by atoms with Crippen molar-refractivity contribution in [3.63, 3.8) is 0 Å². The summed E-state index contributed by atoms with van der Waals surface area (Å²) < 4.78 is 8.61. The average Bonchev–Trinajstić information content (AvgIpc) is 3.00. The fourth-order valence-electron chi connectivity index (χ4n) is 1.90. The van der Waals surface area contributed by atoms with E-state index < -0.39 is 6.04 Å². The number of likely N-dealkylation sites (tertiary alicyclic amines) is 1. The SMILES string of the molecule is CCOC(=O)C1CCCN1C(=O)c1cnns1. The van der Waals surface area contributed by atoms with Crippen LogP contribution in [0.25, 0.3) is 0 Å². The summed E-state index contributed by atoms with van der Waals surface area (Å²) in [6.07, 6.45) is 2.91. The Morgan fingerprint density at radius 1 is 1.65 bits per heavy atom. The van der Waals surface area contributed by atoms with Crippen molar-refractivity contribution in [1.29, 1.82) is 0 Å². The molecule has 1 fully saturated rings. The van der Waals surface area contributed by atoms with Crippen LogP contribution in [0.2, 0.25) is 0 Å². The second-order valence-electron chi connectivity index (χ2n) is 3.69. The summed E-state index contributed by atoms with van der Waals surface area (Å²) in [6.45, 7) is 2.67. The minimum absolute atomic E-state index is 0.185. The Kier molecular flexibility index (Phi) is 3.68. The highest BCUT2D eigenvalue weighted by Gasteiger charge is 2.36. The molecule has 1 aliphatic rings. The van der Waals surface area contributed by atoms with Gasteiger partial charge in [0.25, 0.3) is 5.91 Å². The Hall–Kier alpha value is -1.50. The van der Waals surface area contributed by atoms with Gasteiger partial charge in [0.15, 0.2) is 0 Å². The minimum atomic E-state index is -0.454. The lowest BCUT2D eigenvalue weighted by atomic mass is 10.2. The summed E-state index contributed by atoms with van der Waals surface area (Å²) in [4.78, 5) is 25.8. The van der Waals surface area contributed by atoms with Crippen LogP contribution < -0.4 is 0 Å². The van der Waals surface area contributed by atoms with Crippen molar-refractivity contribution < 1.29 is 14.3 Å². The molecule has 1 amide bonds. The van der Waals surface area contributed by atoms with Crippen molar-refractivity contribution >= 4 is 23.4 Å². The third-order valence-corrected chi connectivity index (χ3v) is 3.30. The van der Waals surface area contributed by atoms with E-state index in [1.54, 1.807) is 11.8 Å². The van der Waals surface area contributed by atoms with Crippen molar-refractivity contribution in [3.8, 4) is 0 Å². The molecule has 92 valence electrons. The van der Waals surface area contributed by atoms with E-state index in [0.717, 1.165) is 18.0 Å². The lowest BCUT2D eigenvalue weighted by molar-refractivity contribution is -0.147. The zero-order valence-corrected chi connectivity index (χ0v) is 10.3. The summed E-state index contributed by atoms with van der Waals surface area (Å²) >= 11 is 1.04. The fraction of sp³-hybridized carbons (Fsp3) is 0.600. The van der Waals surface area contributed by atoms with E-state index >= 15 is 0 Å². The fourth-order valence-corrected chi connectivity index (χ4v) is 2.37. The Balaban J connectivity index is 2.09. The summed E-state index contributed by atoms with van der Waals surface area (Å²) in [5.41, 5.74) is 0. The standard InChI is InChI=1S/C10H13N3O3S/c1-2-16-10(15)7-4-3-5-13(7)9(14)8-6-11-12-17-8/h6-7H,2-5H2,1H3. The third-order valence-electron chi connectivity index (χ3n) is 2.64. The van der Waals surface area contributed by atoms with Gasteiger partial charge in [0.05, 0.1) is 12.8 Å². The van der Waals surface area contributed by atoms with Crippen LogP contribution in [0.15, 0.2) is 6.20 Å². The highest BCUT2D eigenvalue weighted by Crippen LogP contribution is 2.21. The summed E-state index contributed by atoms with van der Waals surface area (Å²) in [7, 11) is 0. The Labute approximate surface area is 103 Å². The highest BCUT2D eigenvalue weighted by molar-refractivity contribution is 7.07. The summed E-state index contributed by atoms with van der Waals surface area (Å²) in [5, 5.41) is 3.63. The van der Waals surface area contributed by atoms with Gasteiger partial charge < -0.3 is 9.64 Å². The lowest BCUT2D eigenvalue weighted by Gasteiger charge is -2.21. The average molecular weight is 255 g/mol. The number of carbonyl (C=O) groups is 2. The van der Waals surface area contributed by atoms with Gasteiger partial charge >= 0.3 is 5.97 Å². The van der Waals surface area contributed by atoms with E-state index in [2.05, 4.69) is 9.59 Å².